The van der Waals surface area contributed by atoms with Gasteiger partial charge in [0.15, 0.2) is 0 Å². The summed E-state index contributed by atoms with van der Waals surface area (Å²) in [4.78, 5) is 0. The summed E-state index contributed by atoms with van der Waals surface area (Å²) in [6.45, 7) is 0.608. The van der Waals surface area contributed by atoms with E-state index in [1.165, 1.54) is 0 Å². The van der Waals surface area contributed by atoms with Gasteiger partial charge in [0.1, 0.15) is 0 Å². The highest BCUT2D eigenvalue weighted by molar-refractivity contribution is 6.31. The Morgan fingerprint density at radius 3 is 2.86 bits per heavy atom. The molecule has 1 saturated heterocycles. The first kappa shape index (κ1) is 9.97. The van der Waals surface area contributed by atoms with Crippen LogP contribution < -0.4 is 0 Å². The van der Waals surface area contributed by atoms with Gasteiger partial charge < -0.3 is 9.84 Å². The van der Waals surface area contributed by atoms with E-state index in [-0.39, 0.29) is 12.2 Å². The Kier molecular flexibility index (Phi) is 3.06. The molecule has 2 unspecified atom stereocenters. The summed E-state index contributed by atoms with van der Waals surface area (Å²) in [5, 5.41) is 10.2. The van der Waals surface area contributed by atoms with E-state index in [4.69, 9.17) is 16.3 Å². The van der Waals surface area contributed by atoms with Crippen molar-refractivity contribution >= 4 is 11.6 Å². The van der Waals surface area contributed by atoms with E-state index in [2.05, 4.69) is 0 Å². The first-order valence-electron chi connectivity index (χ1n) is 4.81. The summed E-state index contributed by atoms with van der Waals surface area (Å²) in [6.07, 6.45) is 1.06. The Hall–Kier alpha value is -0.570. The van der Waals surface area contributed by atoms with Gasteiger partial charge in [-0.25, -0.2) is 0 Å². The molecule has 0 amide bonds. The van der Waals surface area contributed by atoms with Crippen LogP contribution in [0.4, 0.5) is 0 Å². The van der Waals surface area contributed by atoms with Crippen LogP contribution in [0.2, 0.25) is 5.02 Å². The monoisotopic (exact) mass is 212 g/mol. The third-order valence-corrected chi connectivity index (χ3v) is 2.85. The van der Waals surface area contributed by atoms with Crippen molar-refractivity contribution in [3.05, 3.63) is 34.9 Å². The quantitative estimate of drug-likeness (QED) is 0.776. The fraction of sp³-hybridized carbons (Fsp3) is 0.455. The average molecular weight is 213 g/mol. The zero-order valence-corrected chi connectivity index (χ0v) is 8.57. The maximum atomic E-state index is 9.51. The van der Waals surface area contributed by atoms with Crippen molar-refractivity contribution < 1.29 is 9.84 Å². The number of ether oxygens (including phenoxy) is 1. The summed E-state index contributed by atoms with van der Waals surface area (Å²) in [6, 6.07) is 7.63. The second-order valence-electron chi connectivity index (χ2n) is 3.56. The second-order valence-corrected chi connectivity index (χ2v) is 3.97. The third kappa shape index (κ3) is 2.08. The Balaban J connectivity index is 2.18. The van der Waals surface area contributed by atoms with Crippen LogP contribution in [0.15, 0.2) is 24.3 Å². The van der Waals surface area contributed by atoms with Gasteiger partial charge in [0, 0.05) is 18.1 Å². The summed E-state index contributed by atoms with van der Waals surface area (Å²) < 4.78 is 5.57. The number of halogens is 1. The number of benzene rings is 1. The van der Waals surface area contributed by atoms with Gasteiger partial charge in [0.05, 0.1) is 12.2 Å². The zero-order chi connectivity index (χ0) is 9.97. The van der Waals surface area contributed by atoms with Crippen LogP contribution in [0, 0.1) is 0 Å². The molecule has 1 N–H and O–H groups in total. The van der Waals surface area contributed by atoms with Gasteiger partial charge in [-0.05, 0) is 18.1 Å². The molecule has 1 aromatic carbocycles. The van der Waals surface area contributed by atoms with Crippen LogP contribution >= 0.6 is 11.6 Å². The van der Waals surface area contributed by atoms with Gasteiger partial charge in [0.25, 0.3) is 0 Å². The van der Waals surface area contributed by atoms with Crippen molar-refractivity contribution in [2.75, 3.05) is 6.61 Å². The Bertz CT molecular complexity index is 314. The summed E-state index contributed by atoms with van der Waals surface area (Å²) >= 11 is 6.04. The molecule has 0 radical (unpaired) electrons. The summed E-state index contributed by atoms with van der Waals surface area (Å²) in [7, 11) is 0. The predicted octanol–water partition coefficient (Wildman–Crippen LogP) is 2.55. The minimum Gasteiger partial charge on any atom is -0.393 e. The lowest BCUT2D eigenvalue weighted by Gasteiger charge is -2.27. The summed E-state index contributed by atoms with van der Waals surface area (Å²) in [5.74, 6) is 0. The van der Waals surface area contributed by atoms with Gasteiger partial charge in [0.2, 0.25) is 0 Å². The highest BCUT2D eigenvalue weighted by Gasteiger charge is 2.23. The van der Waals surface area contributed by atoms with E-state index >= 15 is 0 Å². The lowest BCUT2D eigenvalue weighted by atomic mass is 9.99. The highest BCUT2D eigenvalue weighted by Crippen LogP contribution is 2.32. The number of aliphatic hydroxyl groups excluding tert-OH is 1. The highest BCUT2D eigenvalue weighted by atomic mass is 35.5. The molecule has 1 aromatic rings. The summed E-state index contributed by atoms with van der Waals surface area (Å²) in [5.41, 5.74) is 0.980. The lowest BCUT2D eigenvalue weighted by Crippen LogP contribution is -2.23. The first-order valence-corrected chi connectivity index (χ1v) is 5.19. The molecule has 0 aliphatic carbocycles. The molecule has 0 saturated carbocycles. The molecule has 1 fully saturated rings. The Labute approximate surface area is 88.5 Å². The maximum absolute atomic E-state index is 9.51. The minimum absolute atomic E-state index is 0.0487. The third-order valence-electron chi connectivity index (χ3n) is 2.51. The van der Waals surface area contributed by atoms with E-state index in [0.717, 1.165) is 12.0 Å². The fourth-order valence-corrected chi connectivity index (χ4v) is 1.99. The van der Waals surface area contributed by atoms with Crippen molar-refractivity contribution in [3.63, 3.8) is 0 Å². The van der Waals surface area contributed by atoms with E-state index in [9.17, 15) is 5.11 Å². The van der Waals surface area contributed by atoms with Crippen molar-refractivity contribution in [1.29, 1.82) is 0 Å². The van der Waals surface area contributed by atoms with Crippen molar-refractivity contribution in [3.8, 4) is 0 Å². The smallest absolute Gasteiger partial charge is 0.0863 e. The number of hydrogen-bond acceptors (Lipinski definition) is 2. The zero-order valence-electron chi connectivity index (χ0n) is 7.82. The fourth-order valence-electron chi connectivity index (χ4n) is 1.73. The molecule has 0 aromatic heterocycles. The SMILES string of the molecule is OC1CCOC(c2ccccc2Cl)C1. The van der Waals surface area contributed by atoms with Crippen LogP contribution in [0.25, 0.3) is 0 Å². The van der Waals surface area contributed by atoms with Crippen molar-refractivity contribution in [1.82, 2.24) is 0 Å². The van der Waals surface area contributed by atoms with Gasteiger partial charge in [-0.2, -0.15) is 0 Å². The van der Waals surface area contributed by atoms with Crippen LogP contribution in [-0.4, -0.2) is 17.8 Å². The molecule has 0 bridgehead atoms. The molecular weight excluding hydrogens is 200 g/mol. The van der Waals surface area contributed by atoms with Gasteiger partial charge >= 0.3 is 0 Å². The molecule has 2 rings (SSSR count). The second kappa shape index (κ2) is 4.30. The molecule has 2 nitrogen and oxygen atoms in total. The molecule has 1 aliphatic rings. The van der Waals surface area contributed by atoms with E-state index in [1.54, 1.807) is 0 Å². The van der Waals surface area contributed by atoms with E-state index < -0.39 is 0 Å². The molecule has 3 heteroatoms. The number of hydrogen-bond donors (Lipinski definition) is 1. The van der Waals surface area contributed by atoms with Gasteiger partial charge in [-0.1, -0.05) is 29.8 Å². The van der Waals surface area contributed by atoms with Crippen LogP contribution in [0.5, 0.6) is 0 Å². The van der Waals surface area contributed by atoms with Gasteiger partial charge in [-0.3, -0.25) is 0 Å². The van der Waals surface area contributed by atoms with E-state index in [0.29, 0.717) is 18.1 Å². The molecule has 0 spiro atoms. The predicted molar refractivity (Wildman–Crippen MR) is 55.4 cm³/mol. The molecule has 76 valence electrons. The lowest BCUT2D eigenvalue weighted by molar-refractivity contribution is -0.0447. The molecular formula is C11H13ClO2. The Morgan fingerprint density at radius 2 is 2.14 bits per heavy atom. The van der Waals surface area contributed by atoms with Crippen molar-refractivity contribution in [2.24, 2.45) is 0 Å². The maximum Gasteiger partial charge on any atom is 0.0863 e. The topological polar surface area (TPSA) is 29.5 Å². The largest absolute Gasteiger partial charge is 0.393 e. The standard InChI is InChI=1S/C11H13ClO2/c12-10-4-2-1-3-9(10)11-7-8(13)5-6-14-11/h1-4,8,11,13H,5-7H2. The molecule has 2 atom stereocenters. The van der Waals surface area contributed by atoms with E-state index in [1.807, 2.05) is 24.3 Å². The first-order chi connectivity index (χ1) is 6.77. The molecule has 1 aliphatic heterocycles. The van der Waals surface area contributed by atoms with Gasteiger partial charge in [-0.15, -0.1) is 0 Å². The normalized spacial score (nSPS) is 27.6. The molecule has 14 heavy (non-hydrogen) atoms. The van der Waals surface area contributed by atoms with Crippen LogP contribution in [-0.2, 0) is 4.74 Å². The minimum atomic E-state index is -0.259. The Morgan fingerprint density at radius 1 is 1.36 bits per heavy atom. The van der Waals surface area contributed by atoms with Crippen molar-refractivity contribution in [2.45, 2.75) is 25.0 Å². The van der Waals surface area contributed by atoms with Crippen LogP contribution in [0.1, 0.15) is 24.5 Å². The average Bonchev–Trinajstić information content (AvgIpc) is 2.18. The number of rotatable bonds is 1. The van der Waals surface area contributed by atoms with Crippen LogP contribution in [0.3, 0.4) is 0 Å². The molecule has 1 heterocycles. The number of aliphatic hydroxyl groups is 1.